The molecule has 3 N–H and O–H groups in total. The Labute approximate surface area is 50.7 Å². The first kappa shape index (κ1) is 7.92. The Hall–Kier alpha value is -0.0800. The second-order valence-corrected chi connectivity index (χ2v) is 2.03. The number of hydrogen-bond donors (Lipinski definition) is 2. The van der Waals surface area contributed by atoms with Crippen LogP contribution in [0.1, 0.15) is 26.2 Å². The molecule has 0 unspecified atom stereocenters. The summed E-state index contributed by atoms with van der Waals surface area (Å²) in [5.74, 6) is 0. The highest BCUT2D eigenvalue weighted by Gasteiger charge is 1.95. The molecule has 0 amide bonds. The van der Waals surface area contributed by atoms with E-state index < -0.39 is 0 Å². The van der Waals surface area contributed by atoms with E-state index in [0.717, 1.165) is 19.3 Å². The Balaban J connectivity index is 2.86. The fraction of sp³-hybridized carbons (Fsp3) is 1.00. The molecule has 50 valence electrons. The average Bonchev–Trinajstić information content (AvgIpc) is 1.83. The molecule has 0 aromatic carbocycles. The molecular formula is C6H15NO. The minimum absolute atomic E-state index is 0.272. The molecule has 1 atom stereocenters. The summed E-state index contributed by atoms with van der Waals surface area (Å²) in [5.41, 5.74) is 5.55. The first-order valence-electron chi connectivity index (χ1n) is 3.17. The lowest BCUT2D eigenvalue weighted by molar-refractivity contribution is 0.279. The van der Waals surface area contributed by atoms with E-state index in [1.54, 1.807) is 0 Å². The van der Waals surface area contributed by atoms with Gasteiger partial charge in [0.05, 0.1) is 0 Å². The van der Waals surface area contributed by atoms with Crippen LogP contribution in [0.15, 0.2) is 0 Å². The van der Waals surface area contributed by atoms with Gasteiger partial charge in [-0.1, -0.05) is 6.92 Å². The molecule has 0 aromatic rings. The third kappa shape index (κ3) is 4.09. The van der Waals surface area contributed by atoms with Crippen LogP contribution in [0.4, 0.5) is 0 Å². The van der Waals surface area contributed by atoms with Gasteiger partial charge in [0, 0.05) is 12.6 Å². The Morgan fingerprint density at radius 2 is 2.25 bits per heavy atom. The lowest BCUT2D eigenvalue weighted by atomic mass is 10.1. The van der Waals surface area contributed by atoms with E-state index in [1.807, 2.05) is 0 Å². The standard InChI is InChI=1S/C6H15NO/c1-2-6(7)4-3-5-8/h6,8H,2-5,7H2,1H3/t6-/m1/s1. The van der Waals surface area contributed by atoms with Gasteiger partial charge in [-0.2, -0.15) is 0 Å². The highest BCUT2D eigenvalue weighted by atomic mass is 16.2. The molecule has 0 aliphatic carbocycles. The molecule has 0 saturated heterocycles. The van der Waals surface area contributed by atoms with Gasteiger partial charge in [-0.3, -0.25) is 0 Å². The smallest absolute Gasteiger partial charge is 0.0431 e. The van der Waals surface area contributed by atoms with Crippen LogP contribution in [0.3, 0.4) is 0 Å². The van der Waals surface area contributed by atoms with E-state index >= 15 is 0 Å². The number of aliphatic hydroxyl groups excluding tert-OH is 1. The number of rotatable bonds is 4. The largest absolute Gasteiger partial charge is 0.396 e. The Bertz CT molecular complexity index is 47.8. The van der Waals surface area contributed by atoms with Crippen molar-refractivity contribution in [2.24, 2.45) is 5.73 Å². The first-order valence-corrected chi connectivity index (χ1v) is 3.17. The van der Waals surface area contributed by atoms with Crippen LogP contribution in [-0.4, -0.2) is 17.8 Å². The lowest BCUT2D eigenvalue weighted by Gasteiger charge is -2.04. The summed E-state index contributed by atoms with van der Waals surface area (Å²) in [7, 11) is 0. The summed E-state index contributed by atoms with van der Waals surface area (Å²) >= 11 is 0. The van der Waals surface area contributed by atoms with Crippen molar-refractivity contribution in [1.82, 2.24) is 0 Å². The van der Waals surface area contributed by atoms with Crippen molar-refractivity contribution in [3.63, 3.8) is 0 Å². The fourth-order valence-electron chi connectivity index (χ4n) is 0.558. The minimum atomic E-state index is 0.272. The Morgan fingerprint density at radius 1 is 1.62 bits per heavy atom. The first-order chi connectivity index (χ1) is 3.81. The van der Waals surface area contributed by atoms with E-state index in [1.165, 1.54) is 0 Å². The van der Waals surface area contributed by atoms with Gasteiger partial charge in [0.2, 0.25) is 0 Å². The van der Waals surface area contributed by atoms with E-state index in [4.69, 9.17) is 10.8 Å². The molecule has 0 rings (SSSR count). The normalized spacial score (nSPS) is 13.9. The van der Waals surface area contributed by atoms with Crippen LogP contribution in [-0.2, 0) is 0 Å². The maximum Gasteiger partial charge on any atom is 0.0431 e. The Morgan fingerprint density at radius 3 is 2.62 bits per heavy atom. The van der Waals surface area contributed by atoms with Gasteiger partial charge < -0.3 is 10.8 Å². The predicted octanol–water partition coefficient (Wildman–Crippen LogP) is 0.496. The molecule has 0 aliphatic heterocycles. The van der Waals surface area contributed by atoms with Crippen molar-refractivity contribution in [3.05, 3.63) is 0 Å². The highest BCUT2D eigenvalue weighted by molar-refractivity contribution is 4.56. The van der Waals surface area contributed by atoms with Crippen LogP contribution in [0.25, 0.3) is 0 Å². The summed E-state index contributed by atoms with van der Waals surface area (Å²) in [6.45, 7) is 2.33. The van der Waals surface area contributed by atoms with Crippen molar-refractivity contribution >= 4 is 0 Å². The third-order valence-corrected chi connectivity index (χ3v) is 1.26. The topological polar surface area (TPSA) is 46.2 Å². The number of nitrogens with two attached hydrogens (primary N) is 1. The van der Waals surface area contributed by atoms with Crippen molar-refractivity contribution in [3.8, 4) is 0 Å². The van der Waals surface area contributed by atoms with Crippen LogP contribution in [0.2, 0.25) is 0 Å². The predicted molar refractivity (Wildman–Crippen MR) is 34.6 cm³/mol. The highest BCUT2D eigenvalue weighted by Crippen LogP contribution is 1.95. The molecule has 0 aromatic heterocycles. The number of hydrogen-bond acceptors (Lipinski definition) is 2. The van der Waals surface area contributed by atoms with Crippen molar-refractivity contribution in [1.29, 1.82) is 0 Å². The summed E-state index contributed by atoms with van der Waals surface area (Å²) in [6.07, 6.45) is 2.81. The zero-order chi connectivity index (χ0) is 6.41. The number of aliphatic hydroxyl groups is 1. The van der Waals surface area contributed by atoms with Gasteiger partial charge in [0.15, 0.2) is 0 Å². The molecule has 0 aliphatic rings. The molecular weight excluding hydrogens is 102 g/mol. The van der Waals surface area contributed by atoms with Crippen LogP contribution in [0.5, 0.6) is 0 Å². The summed E-state index contributed by atoms with van der Waals surface area (Å²) < 4.78 is 0. The maximum absolute atomic E-state index is 8.36. The van der Waals surface area contributed by atoms with Gasteiger partial charge >= 0.3 is 0 Å². The molecule has 2 nitrogen and oxygen atoms in total. The van der Waals surface area contributed by atoms with Crippen molar-refractivity contribution in [2.75, 3.05) is 6.61 Å². The van der Waals surface area contributed by atoms with Crippen LogP contribution in [0, 0.1) is 0 Å². The second-order valence-electron chi connectivity index (χ2n) is 2.03. The summed E-state index contributed by atoms with van der Waals surface area (Å²) in [4.78, 5) is 0. The monoisotopic (exact) mass is 117 g/mol. The fourth-order valence-corrected chi connectivity index (χ4v) is 0.558. The van der Waals surface area contributed by atoms with Crippen LogP contribution >= 0.6 is 0 Å². The molecule has 2 heteroatoms. The quantitative estimate of drug-likeness (QED) is 0.563. The van der Waals surface area contributed by atoms with E-state index in [0.29, 0.717) is 6.04 Å². The van der Waals surface area contributed by atoms with Crippen molar-refractivity contribution < 1.29 is 5.11 Å². The third-order valence-electron chi connectivity index (χ3n) is 1.26. The SMILES string of the molecule is CC[C@@H](N)CCCO. The minimum Gasteiger partial charge on any atom is -0.396 e. The van der Waals surface area contributed by atoms with Gasteiger partial charge in [0.25, 0.3) is 0 Å². The van der Waals surface area contributed by atoms with Gasteiger partial charge in [-0.15, -0.1) is 0 Å². The van der Waals surface area contributed by atoms with Crippen molar-refractivity contribution in [2.45, 2.75) is 32.2 Å². The zero-order valence-electron chi connectivity index (χ0n) is 5.43. The van der Waals surface area contributed by atoms with E-state index in [2.05, 4.69) is 6.92 Å². The maximum atomic E-state index is 8.36. The average molecular weight is 117 g/mol. The van der Waals surface area contributed by atoms with E-state index in [9.17, 15) is 0 Å². The Kier molecular flexibility index (Phi) is 5.01. The summed E-state index contributed by atoms with van der Waals surface area (Å²) in [5, 5.41) is 8.36. The molecule has 0 radical (unpaired) electrons. The molecule has 0 spiro atoms. The molecule has 0 saturated carbocycles. The van der Waals surface area contributed by atoms with Crippen LogP contribution < -0.4 is 5.73 Å². The summed E-state index contributed by atoms with van der Waals surface area (Å²) in [6, 6.07) is 0.294. The van der Waals surface area contributed by atoms with E-state index in [-0.39, 0.29) is 6.61 Å². The molecule has 0 bridgehead atoms. The van der Waals surface area contributed by atoms with Gasteiger partial charge in [-0.05, 0) is 19.3 Å². The van der Waals surface area contributed by atoms with Gasteiger partial charge in [-0.25, -0.2) is 0 Å². The lowest BCUT2D eigenvalue weighted by Crippen LogP contribution is -2.18. The molecule has 0 heterocycles. The zero-order valence-corrected chi connectivity index (χ0v) is 5.43. The molecule has 0 fully saturated rings. The van der Waals surface area contributed by atoms with Gasteiger partial charge in [0.1, 0.15) is 0 Å². The molecule has 8 heavy (non-hydrogen) atoms. The second kappa shape index (κ2) is 5.06.